The summed E-state index contributed by atoms with van der Waals surface area (Å²) >= 11 is 0. The van der Waals surface area contributed by atoms with Gasteiger partial charge in [0.05, 0.1) is 25.0 Å². The van der Waals surface area contributed by atoms with E-state index in [1.165, 1.54) is 7.11 Å². The predicted molar refractivity (Wildman–Crippen MR) is 94.8 cm³/mol. The third-order valence-electron chi connectivity index (χ3n) is 4.24. The third-order valence-corrected chi connectivity index (χ3v) is 4.24. The SMILES string of the molecule is CCNC(=O)C(C)(C)CN=C(NCC)N1CCC(C(=O)OC)CC1. The molecule has 1 heterocycles. The minimum Gasteiger partial charge on any atom is -0.469 e. The Labute approximate surface area is 145 Å². The van der Waals surface area contributed by atoms with E-state index in [0.717, 1.165) is 38.4 Å². The van der Waals surface area contributed by atoms with E-state index in [-0.39, 0.29) is 17.8 Å². The van der Waals surface area contributed by atoms with E-state index in [0.29, 0.717) is 13.1 Å². The minimum atomic E-state index is -0.555. The monoisotopic (exact) mass is 340 g/mol. The highest BCUT2D eigenvalue weighted by atomic mass is 16.5. The number of aliphatic imine (C=N–C) groups is 1. The molecule has 1 fully saturated rings. The molecular weight excluding hydrogens is 308 g/mol. The Morgan fingerprint density at radius 2 is 1.75 bits per heavy atom. The molecule has 0 atom stereocenters. The van der Waals surface area contributed by atoms with E-state index < -0.39 is 5.41 Å². The maximum Gasteiger partial charge on any atom is 0.308 e. The molecule has 0 spiro atoms. The molecule has 0 unspecified atom stereocenters. The van der Waals surface area contributed by atoms with Crippen molar-refractivity contribution in [2.75, 3.05) is 39.8 Å². The first kappa shape index (κ1) is 20.3. The number of esters is 1. The maximum atomic E-state index is 12.1. The summed E-state index contributed by atoms with van der Waals surface area (Å²) in [5.41, 5.74) is -0.555. The standard InChI is InChI=1S/C17H32N4O3/c1-6-18-15(23)17(3,4)12-20-16(19-7-2)21-10-8-13(9-11-21)14(22)24-5/h13H,6-12H2,1-5H3,(H,18,23)(H,19,20). The first-order valence-corrected chi connectivity index (χ1v) is 8.75. The number of carbonyl (C=O) groups is 2. The highest BCUT2D eigenvalue weighted by Gasteiger charge is 2.29. The Balaban J connectivity index is 2.70. The van der Waals surface area contributed by atoms with Gasteiger partial charge in [0.1, 0.15) is 0 Å². The molecule has 1 saturated heterocycles. The number of nitrogens with one attached hydrogen (secondary N) is 2. The quantitative estimate of drug-likeness (QED) is 0.428. The molecule has 138 valence electrons. The number of likely N-dealkylation sites (tertiary alicyclic amines) is 1. The summed E-state index contributed by atoms with van der Waals surface area (Å²) in [6.07, 6.45) is 1.52. The smallest absolute Gasteiger partial charge is 0.308 e. The molecule has 1 rings (SSSR count). The van der Waals surface area contributed by atoms with Crippen molar-refractivity contribution in [1.82, 2.24) is 15.5 Å². The summed E-state index contributed by atoms with van der Waals surface area (Å²) in [6, 6.07) is 0. The molecule has 0 aromatic heterocycles. The number of rotatable bonds is 6. The molecule has 0 aliphatic carbocycles. The Hall–Kier alpha value is -1.79. The molecular formula is C17H32N4O3. The van der Waals surface area contributed by atoms with Gasteiger partial charge in [-0.15, -0.1) is 0 Å². The van der Waals surface area contributed by atoms with E-state index in [4.69, 9.17) is 4.74 Å². The van der Waals surface area contributed by atoms with Gasteiger partial charge in [-0.25, -0.2) is 0 Å². The van der Waals surface area contributed by atoms with E-state index >= 15 is 0 Å². The Kier molecular flexibility index (Phi) is 8.01. The number of methoxy groups -OCH3 is 1. The van der Waals surface area contributed by atoms with Crippen LogP contribution >= 0.6 is 0 Å². The van der Waals surface area contributed by atoms with Gasteiger partial charge in [0.2, 0.25) is 5.91 Å². The molecule has 0 aromatic rings. The normalized spacial score (nSPS) is 16.7. The number of guanidine groups is 1. The molecule has 0 bridgehead atoms. The van der Waals surface area contributed by atoms with Crippen molar-refractivity contribution in [1.29, 1.82) is 0 Å². The molecule has 7 nitrogen and oxygen atoms in total. The lowest BCUT2D eigenvalue weighted by Gasteiger charge is -2.33. The first-order chi connectivity index (χ1) is 11.4. The maximum absolute atomic E-state index is 12.1. The van der Waals surface area contributed by atoms with E-state index in [1.807, 2.05) is 27.7 Å². The van der Waals surface area contributed by atoms with Gasteiger partial charge in [0.15, 0.2) is 5.96 Å². The second-order valence-corrected chi connectivity index (χ2v) is 6.70. The lowest BCUT2D eigenvalue weighted by molar-refractivity contribution is -0.146. The fourth-order valence-electron chi connectivity index (χ4n) is 2.66. The fraction of sp³-hybridized carbons (Fsp3) is 0.824. The Morgan fingerprint density at radius 3 is 2.25 bits per heavy atom. The van der Waals surface area contributed by atoms with Crippen molar-refractivity contribution in [3.8, 4) is 0 Å². The second-order valence-electron chi connectivity index (χ2n) is 6.70. The van der Waals surface area contributed by atoms with Crippen molar-refractivity contribution in [3.05, 3.63) is 0 Å². The van der Waals surface area contributed by atoms with Crippen molar-refractivity contribution in [2.45, 2.75) is 40.5 Å². The molecule has 0 aromatic carbocycles. The molecule has 2 N–H and O–H groups in total. The summed E-state index contributed by atoms with van der Waals surface area (Å²) in [5.74, 6) is 0.655. The van der Waals surface area contributed by atoms with Crippen LogP contribution in [0.4, 0.5) is 0 Å². The highest BCUT2D eigenvalue weighted by molar-refractivity contribution is 5.84. The lowest BCUT2D eigenvalue weighted by Crippen LogP contribution is -2.47. The number of amides is 1. The van der Waals surface area contributed by atoms with Crippen LogP contribution in [0.15, 0.2) is 4.99 Å². The summed E-state index contributed by atoms with van der Waals surface area (Å²) in [7, 11) is 1.43. The minimum absolute atomic E-state index is 0.00833. The number of ether oxygens (including phenoxy) is 1. The van der Waals surface area contributed by atoms with Crippen LogP contribution in [0.3, 0.4) is 0 Å². The van der Waals surface area contributed by atoms with Gasteiger partial charge in [-0.1, -0.05) is 0 Å². The zero-order chi connectivity index (χ0) is 18.2. The zero-order valence-corrected chi connectivity index (χ0v) is 15.6. The van der Waals surface area contributed by atoms with Gasteiger partial charge < -0.3 is 20.3 Å². The van der Waals surface area contributed by atoms with E-state index in [9.17, 15) is 9.59 Å². The number of carbonyl (C=O) groups excluding carboxylic acids is 2. The Morgan fingerprint density at radius 1 is 1.17 bits per heavy atom. The second kappa shape index (κ2) is 9.49. The molecule has 0 radical (unpaired) electrons. The Bertz CT molecular complexity index is 455. The van der Waals surface area contributed by atoms with Gasteiger partial charge >= 0.3 is 5.97 Å². The van der Waals surface area contributed by atoms with Gasteiger partial charge in [-0.2, -0.15) is 0 Å². The zero-order valence-electron chi connectivity index (χ0n) is 15.6. The topological polar surface area (TPSA) is 83.0 Å². The molecule has 1 aliphatic rings. The van der Waals surface area contributed by atoms with Crippen molar-refractivity contribution in [2.24, 2.45) is 16.3 Å². The summed E-state index contributed by atoms with van der Waals surface area (Å²) < 4.78 is 4.83. The summed E-state index contributed by atoms with van der Waals surface area (Å²) in [5, 5.41) is 6.13. The van der Waals surface area contributed by atoms with Crippen molar-refractivity contribution in [3.63, 3.8) is 0 Å². The number of hydrogen-bond donors (Lipinski definition) is 2. The molecule has 1 aliphatic heterocycles. The number of piperidine rings is 1. The molecule has 7 heteroatoms. The van der Waals surface area contributed by atoms with Gasteiger partial charge in [0, 0.05) is 26.2 Å². The van der Waals surface area contributed by atoms with Crippen LogP contribution in [-0.4, -0.2) is 62.6 Å². The van der Waals surface area contributed by atoms with Gasteiger partial charge in [-0.05, 0) is 40.5 Å². The van der Waals surface area contributed by atoms with Crippen LogP contribution in [0, 0.1) is 11.3 Å². The molecule has 24 heavy (non-hydrogen) atoms. The average molecular weight is 340 g/mol. The van der Waals surface area contributed by atoms with Crippen LogP contribution in [0.2, 0.25) is 0 Å². The van der Waals surface area contributed by atoms with Crippen molar-refractivity contribution < 1.29 is 14.3 Å². The van der Waals surface area contributed by atoms with Crippen LogP contribution in [0.5, 0.6) is 0 Å². The van der Waals surface area contributed by atoms with E-state index in [2.05, 4.69) is 20.5 Å². The fourth-order valence-corrected chi connectivity index (χ4v) is 2.66. The molecule has 1 amide bonds. The highest BCUT2D eigenvalue weighted by Crippen LogP contribution is 2.20. The number of hydrogen-bond acceptors (Lipinski definition) is 4. The number of nitrogens with zero attached hydrogens (tertiary/aromatic N) is 2. The first-order valence-electron chi connectivity index (χ1n) is 8.75. The summed E-state index contributed by atoms with van der Waals surface area (Å²) in [4.78, 5) is 30.5. The van der Waals surface area contributed by atoms with E-state index in [1.54, 1.807) is 0 Å². The van der Waals surface area contributed by atoms with Gasteiger partial charge in [-0.3, -0.25) is 14.6 Å². The summed E-state index contributed by atoms with van der Waals surface area (Å²) in [6.45, 7) is 11.0. The lowest BCUT2D eigenvalue weighted by atomic mass is 9.92. The largest absolute Gasteiger partial charge is 0.469 e. The van der Waals surface area contributed by atoms with Crippen LogP contribution < -0.4 is 10.6 Å². The third kappa shape index (κ3) is 5.69. The van der Waals surface area contributed by atoms with Crippen molar-refractivity contribution >= 4 is 17.8 Å². The van der Waals surface area contributed by atoms with Gasteiger partial charge in [0.25, 0.3) is 0 Å². The van der Waals surface area contributed by atoms with Crippen LogP contribution in [0.1, 0.15) is 40.5 Å². The average Bonchev–Trinajstić information content (AvgIpc) is 2.58. The molecule has 0 saturated carbocycles. The predicted octanol–water partition coefficient (Wildman–Crippen LogP) is 0.999. The van der Waals surface area contributed by atoms with Crippen LogP contribution in [0.25, 0.3) is 0 Å². The van der Waals surface area contributed by atoms with Crippen LogP contribution in [-0.2, 0) is 14.3 Å².